The third-order valence-electron chi connectivity index (χ3n) is 4.83. The highest BCUT2D eigenvalue weighted by Crippen LogP contribution is 2.58. The average molecular weight is 361 g/mol. The fourth-order valence-electron chi connectivity index (χ4n) is 3.75. The average Bonchev–Trinajstić information content (AvgIpc) is 2.89. The van der Waals surface area contributed by atoms with Crippen molar-refractivity contribution in [1.82, 2.24) is 10.2 Å². The van der Waals surface area contributed by atoms with Crippen molar-refractivity contribution in [2.24, 2.45) is 16.5 Å². The van der Waals surface area contributed by atoms with Crippen molar-refractivity contribution in [3.63, 3.8) is 0 Å². The predicted molar refractivity (Wildman–Crippen MR) is 81.7 cm³/mol. The minimum atomic E-state index is -2.83. The molecular weight excluding hydrogens is 340 g/mol. The number of hydrogen-bond donors (Lipinski definition) is 1. The maximum atomic E-state index is 13.3. The van der Waals surface area contributed by atoms with Crippen molar-refractivity contribution in [2.45, 2.75) is 51.1 Å². The number of carbonyl (C=O) groups is 3. The minimum Gasteiger partial charge on any atom is -0.453 e. The highest BCUT2D eigenvalue weighted by molar-refractivity contribution is 5.92. The molecule has 25 heavy (non-hydrogen) atoms. The van der Waals surface area contributed by atoms with Crippen LogP contribution in [0.1, 0.15) is 33.1 Å². The molecule has 2 rings (SSSR count). The quantitative estimate of drug-likeness (QED) is 0.767. The van der Waals surface area contributed by atoms with Gasteiger partial charge in [0.2, 0.25) is 11.8 Å². The van der Waals surface area contributed by atoms with E-state index in [-0.39, 0.29) is 18.9 Å². The van der Waals surface area contributed by atoms with Crippen LogP contribution in [0.3, 0.4) is 0 Å². The van der Waals surface area contributed by atoms with Gasteiger partial charge in [0.1, 0.15) is 12.1 Å². The lowest BCUT2D eigenvalue weighted by Crippen LogP contribution is -2.54. The lowest BCUT2D eigenvalue weighted by molar-refractivity contribution is -0.159. The molecule has 0 bridgehead atoms. The van der Waals surface area contributed by atoms with E-state index >= 15 is 0 Å². The molecule has 1 saturated heterocycles. The van der Waals surface area contributed by atoms with Gasteiger partial charge >= 0.3 is 12.0 Å². The molecule has 1 saturated carbocycles. The van der Waals surface area contributed by atoms with E-state index in [1.54, 1.807) is 13.8 Å². The molecule has 1 aliphatic carbocycles. The number of alkyl halides is 2. The van der Waals surface area contributed by atoms with Crippen LogP contribution < -0.4 is 5.32 Å². The van der Waals surface area contributed by atoms with Gasteiger partial charge in [-0.3, -0.25) is 9.59 Å². The molecule has 1 spiro atoms. The Morgan fingerprint density at radius 2 is 1.88 bits per heavy atom. The van der Waals surface area contributed by atoms with Gasteiger partial charge in [-0.25, -0.2) is 13.6 Å². The van der Waals surface area contributed by atoms with E-state index in [1.165, 1.54) is 0 Å². The van der Waals surface area contributed by atoms with Gasteiger partial charge in [0.15, 0.2) is 0 Å². The summed E-state index contributed by atoms with van der Waals surface area (Å²) in [4.78, 5) is 47.9. The summed E-state index contributed by atoms with van der Waals surface area (Å²) in [5.41, 5.74) is -0.892. The van der Waals surface area contributed by atoms with E-state index in [2.05, 4.69) is 15.2 Å². The zero-order chi connectivity index (χ0) is 19.0. The third-order valence-corrected chi connectivity index (χ3v) is 4.83. The predicted octanol–water partition coefficient (Wildman–Crippen LogP) is 1.68. The first kappa shape index (κ1) is 19.2. The summed E-state index contributed by atoms with van der Waals surface area (Å²) < 4.78 is 31.1. The van der Waals surface area contributed by atoms with Crippen LogP contribution in [0.15, 0.2) is 5.18 Å². The van der Waals surface area contributed by atoms with Gasteiger partial charge < -0.3 is 15.0 Å². The number of nitrogens with one attached hydrogen (secondary N) is 1. The van der Waals surface area contributed by atoms with Crippen molar-refractivity contribution in [2.75, 3.05) is 13.7 Å². The largest absolute Gasteiger partial charge is 0.453 e. The second-order valence-corrected chi connectivity index (χ2v) is 7.18. The SMILES string of the molecule is COC(=O)N[C@H](C(=O)N1CC2(C[C@H]1C(=O)N=O)CC(F)(F)C2)C(C)C. The Morgan fingerprint density at radius 1 is 1.28 bits per heavy atom. The molecule has 0 aromatic heterocycles. The number of hydrogen-bond acceptors (Lipinski definition) is 5. The van der Waals surface area contributed by atoms with Crippen LogP contribution in [0.2, 0.25) is 0 Å². The highest BCUT2D eigenvalue weighted by Gasteiger charge is 2.63. The maximum Gasteiger partial charge on any atom is 0.407 e. The number of ether oxygens (including phenoxy) is 1. The van der Waals surface area contributed by atoms with E-state index in [0.717, 1.165) is 12.0 Å². The molecule has 140 valence electrons. The number of likely N-dealkylation sites (tertiary alicyclic amines) is 1. The summed E-state index contributed by atoms with van der Waals surface area (Å²) in [5.74, 6) is -4.86. The highest BCUT2D eigenvalue weighted by atomic mass is 19.3. The lowest BCUT2D eigenvalue weighted by atomic mass is 9.65. The molecule has 3 amide bonds. The van der Waals surface area contributed by atoms with Crippen LogP contribution in [-0.2, 0) is 14.3 Å². The van der Waals surface area contributed by atoms with E-state index in [9.17, 15) is 28.1 Å². The number of rotatable bonds is 4. The van der Waals surface area contributed by atoms with Crippen molar-refractivity contribution in [1.29, 1.82) is 0 Å². The zero-order valence-electron chi connectivity index (χ0n) is 14.3. The number of methoxy groups -OCH3 is 1. The fraction of sp³-hybridized carbons (Fsp3) is 0.800. The van der Waals surface area contributed by atoms with E-state index < -0.39 is 54.2 Å². The van der Waals surface area contributed by atoms with Gasteiger partial charge in [-0.05, 0) is 12.3 Å². The molecule has 2 aliphatic rings. The first-order chi connectivity index (χ1) is 11.5. The number of amides is 3. The summed E-state index contributed by atoms with van der Waals surface area (Å²) >= 11 is 0. The van der Waals surface area contributed by atoms with Crippen LogP contribution in [0, 0.1) is 16.2 Å². The Morgan fingerprint density at radius 3 is 2.32 bits per heavy atom. The van der Waals surface area contributed by atoms with Gasteiger partial charge in [-0.2, -0.15) is 0 Å². The van der Waals surface area contributed by atoms with Crippen molar-refractivity contribution < 1.29 is 27.9 Å². The van der Waals surface area contributed by atoms with Crippen molar-refractivity contribution in [3.8, 4) is 0 Å². The Balaban J connectivity index is 2.23. The second-order valence-electron chi connectivity index (χ2n) is 7.18. The molecule has 0 unspecified atom stereocenters. The van der Waals surface area contributed by atoms with Gasteiger partial charge in [0, 0.05) is 30.0 Å². The molecule has 10 heteroatoms. The van der Waals surface area contributed by atoms with E-state index in [4.69, 9.17) is 0 Å². The number of carbonyl (C=O) groups excluding carboxylic acids is 3. The normalized spacial score (nSPS) is 24.6. The second kappa shape index (κ2) is 6.64. The smallest absolute Gasteiger partial charge is 0.407 e. The van der Waals surface area contributed by atoms with E-state index in [0.29, 0.717) is 0 Å². The maximum absolute atomic E-state index is 13.3. The third kappa shape index (κ3) is 3.77. The Bertz CT molecular complexity index is 588. The van der Waals surface area contributed by atoms with Gasteiger partial charge in [-0.1, -0.05) is 13.8 Å². The summed E-state index contributed by atoms with van der Waals surface area (Å²) in [6.45, 7) is 3.28. The van der Waals surface area contributed by atoms with Gasteiger partial charge in [0.05, 0.1) is 7.11 Å². The zero-order valence-corrected chi connectivity index (χ0v) is 14.3. The fourth-order valence-corrected chi connectivity index (χ4v) is 3.75. The number of nitrogens with zero attached hydrogens (tertiary/aromatic N) is 2. The molecule has 2 fully saturated rings. The van der Waals surface area contributed by atoms with Gasteiger partial charge in [0.25, 0.3) is 0 Å². The molecule has 0 aromatic rings. The van der Waals surface area contributed by atoms with Crippen LogP contribution in [0.5, 0.6) is 0 Å². The van der Waals surface area contributed by atoms with Crippen LogP contribution >= 0.6 is 0 Å². The Kier molecular flexibility index (Phi) is 5.10. The van der Waals surface area contributed by atoms with Crippen molar-refractivity contribution in [3.05, 3.63) is 4.91 Å². The molecule has 0 aromatic carbocycles. The number of alkyl carbamates (subject to hydrolysis) is 1. The molecule has 1 N–H and O–H groups in total. The first-order valence-electron chi connectivity index (χ1n) is 7.94. The summed E-state index contributed by atoms with van der Waals surface area (Å²) in [7, 11) is 1.14. The first-order valence-corrected chi connectivity index (χ1v) is 7.94. The summed E-state index contributed by atoms with van der Waals surface area (Å²) in [6.07, 6.45) is -1.73. The molecule has 0 radical (unpaired) electrons. The topological polar surface area (TPSA) is 105 Å². The standard InChI is InChI=1S/C15H21F2N3O5/c1-8(2)10(18-13(23)25-3)12(22)20-7-14(5-15(16,17)6-14)4-9(20)11(21)19-24/h8-10H,4-7H2,1-3H3,(H,18,23)/t9-,10-/m0/s1. The van der Waals surface area contributed by atoms with Crippen LogP contribution in [0.25, 0.3) is 0 Å². The molecular formula is C15H21F2N3O5. The molecule has 2 atom stereocenters. The minimum absolute atomic E-state index is 0.0259. The monoisotopic (exact) mass is 361 g/mol. The lowest BCUT2D eigenvalue weighted by Gasteiger charge is -2.44. The summed E-state index contributed by atoms with van der Waals surface area (Å²) in [6, 6.07) is -2.19. The molecule has 1 heterocycles. The summed E-state index contributed by atoms with van der Waals surface area (Å²) in [5, 5.41) is 4.74. The molecule has 1 aliphatic heterocycles. The van der Waals surface area contributed by atoms with Crippen LogP contribution in [0.4, 0.5) is 13.6 Å². The van der Waals surface area contributed by atoms with Gasteiger partial charge in [-0.15, -0.1) is 4.91 Å². The Labute approximate surface area is 143 Å². The number of nitroso groups, excluding NO2 is 1. The van der Waals surface area contributed by atoms with E-state index in [1.807, 2.05) is 0 Å². The van der Waals surface area contributed by atoms with Crippen molar-refractivity contribution >= 4 is 17.9 Å². The Hall–Kier alpha value is -2.13. The molecule has 8 nitrogen and oxygen atoms in total. The van der Waals surface area contributed by atoms with Crippen LogP contribution in [-0.4, -0.2) is 54.5 Å². The number of halogens is 2.